The third-order valence-electron chi connectivity index (χ3n) is 2.45. The minimum Gasteiger partial charge on any atom is -0.469 e. The molecule has 0 aromatic carbocycles. The molecule has 1 saturated heterocycles. The van der Waals surface area contributed by atoms with Gasteiger partial charge in [-0.3, -0.25) is 4.79 Å². The molecule has 92 valence electrons. The largest absolute Gasteiger partial charge is 0.469 e. The number of carbonyl (C=O) groups excluding carboxylic acids is 2. The van der Waals surface area contributed by atoms with Gasteiger partial charge in [0.2, 0.25) is 0 Å². The molecule has 1 fully saturated rings. The Balaban J connectivity index is 2.36. The van der Waals surface area contributed by atoms with Crippen molar-refractivity contribution in [3.63, 3.8) is 0 Å². The molecule has 0 aliphatic carbocycles. The van der Waals surface area contributed by atoms with Crippen molar-refractivity contribution in [2.24, 2.45) is 0 Å². The smallest absolute Gasteiger partial charge is 0.305 e. The maximum absolute atomic E-state index is 10.9. The SMILES string of the molecule is COC(=O)CCC[C@@H]1OC(C)(C)O[C@@H]1C=O. The van der Waals surface area contributed by atoms with Gasteiger partial charge in [-0.15, -0.1) is 0 Å². The Kier molecular flexibility index (Phi) is 4.44. The number of ether oxygens (including phenoxy) is 3. The first-order valence-corrected chi connectivity index (χ1v) is 5.36. The highest BCUT2D eigenvalue weighted by atomic mass is 16.8. The van der Waals surface area contributed by atoms with Gasteiger partial charge in [0.05, 0.1) is 13.2 Å². The maximum atomic E-state index is 10.9. The summed E-state index contributed by atoms with van der Waals surface area (Å²) in [6.45, 7) is 3.54. The van der Waals surface area contributed by atoms with Crippen LogP contribution in [0.15, 0.2) is 0 Å². The van der Waals surface area contributed by atoms with Gasteiger partial charge in [0.15, 0.2) is 12.1 Å². The molecule has 16 heavy (non-hydrogen) atoms. The minimum atomic E-state index is -0.721. The van der Waals surface area contributed by atoms with Crippen LogP contribution in [-0.2, 0) is 23.8 Å². The predicted molar refractivity (Wildman–Crippen MR) is 55.8 cm³/mol. The highest BCUT2D eigenvalue weighted by Gasteiger charge is 2.40. The molecule has 0 aromatic rings. The first kappa shape index (κ1) is 13.1. The van der Waals surface area contributed by atoms with Gasteiger partial charge in [-0.05, 0) is 26.7 Å². The Morgan fingerprint density at radius 2 is 2.12 bits per heavy atom. The third-order valence-corrected chi connectivity index (χ3v) is 2.45. The lowest BCUT2D eigenvalue weighted by Gasteiger charge is -2.16. The fourth-order valence-corrected chi connectivity index (χ4v) is 1.75. The molecule has 0 unspecified atom stereocenters. The molecule has 0 N–H and O–H groups in total. The fraction of sp³-hybridized carbons (Fsp3) is 0.818. The molecular formula is C11H18O5. The van der Waals surface area contributed by atoms with Gasteiger partial charge in [-0.2, -0.15) is 0 Å². The second kappa shape index (κ2) is 5.41. The minimum absolute atomic E-state index is 0.249. The van der Waals surface area contributed by atoms with Crippen LogP contribution in [0.3, 0.4) is 0 Å². The lowest BCUT2D eigenvalue weighted by atomic mass is 10.1. The molecule has 0 radical (unpaired) electrons. The van der Waals surface area contributed by atoms with E-state index in [1.807, 2.05) is 0 Å². The van der Waals surface area contributed by atoms with Gasteiger partial charge in [0.25, 0.3) is 0 Å². The number of aldehydes is 1. The van der Waals surface area contributed by atoms with E-state index in [1.165, 1.54) is 7.11 Å². The molecule has 0 spiro atoms. The zero-order valence-corrected chi connectivity index (χ0v) is 9.89. The summed E-state index contributed by atoms with van der Waals surface area (Å²) in [5, 5.41) is 0. The fourth-order valence-electron chi connectivity index (χ4n) is 1.75. The van der Waals surface area contributed by atoms with E-state index in [1.54, 1.807) is 13.8 Å². The summed E-state index contributed by atoms with van der Waals surface area (Å²) in [6.07, 6.45) is 1.52. The van der Waals surface area contributed by atoms with E-state index in [4.69, 9.17) is 9.47 Å². The van der Waals surface area contributed by atoms with E-state index in [9.17, 15) is 9.59 Å². The van der Waals surface area contributed by atoms with Crippen LogP contribution in [0.25, 0.3) is 0 Å². The zero-order chi connectivity index (χ0) is 12.2. The molecule has 1 rings (SSSR count). The molecule has 5 nitrogen and oxygen atoms in total. The van der Waals surface area contributed by atoms with E-state index in [2.05, 4.69) is 4.74 Å². The number of carbonyl (C=O) groups is 2. The Bertz CT molecular complexity index is 261. The summed E-state index contributed by atoms with van der Waals surface area (Å²) >= 11 is 0. The van der Waals surface area contributed by atoms with Gasteiger partial charge in [-0.25, -0.2) is 0 Å². The van der Waals surface area contributed by atoms with Crippen molar-refractivity contribution in [1.82, 2.24) is 0 Å². The van der Waals surface area contributed by atoms with Crippen LogP contribution in [0, 0.1) is 0 Å². The topological polar surface area (TPSA) is 61.8 Å². The van der Waals surface area contributed by atoms with Crippen molar-refractivity contribution in [2.45, 2.75) is 51.1 Å². The van der Waals surface area contributed by atoms with Crippen LogP contribution in [-0.4, -0.2) is 37.4 Å². The standard InChI is InChI=1S/C11H18O5/c1-11(2)15-8(9(7-12)16-11)5-4-6-10(13)14-3/h7-9H,4-6H2,1-3H3/t8-,9+/m0/s1. The van der Waals surface area contributed by atoms with Crippen LogP contribution in [0.4, 0.5) is 0 Å². The predicted octanol–water partition coefficient (Wildman–Crippen LogP) is 1.05. The first-order valence-electron chi connectivity index (χ1n) is 5.36. The Hall–Kier alpha value is -0.940. The van der Waals surface area contributed by atoms with Crippen LogP contribution in [0.2, 0.25) is 0 Å². The van der Waals surface area contributed by atoms with Gasteiger partial charge in [-0.1, -0.05) is 0 Å². The number of esters is 1. The molecule has 1 aliphatic heterocycles. The van der Waals surface area contributed by atoms with E-state index in [-0.39, 0.29) is 12.1 Å². The van der Waals surface area contributed by atoms with Crippen LogP contribution < -0.4 is 0 Å². The quantitative estimate of drug-likeness (QED) is 0.522. The number of rotatable bonds is 5. The van der Waals surface area contributed by atoms with E-state index < -0.39 is 11.9 Å². The normalized spacial score (nSPS) is 27.7. The molecule has 1 aliphatic rings. The lowest BCUT2D eigenvalue weighted by molar-refractivity contribution is -0.150. The monoisotopic (exact) mass is 230 g/mol. The van der Waals surface area contributed by atoms with Crippen LogP contribution in [0.1, 0.15) is 33.1 Å². The summed E-state index contributed by atoms with van der Waals surface area (Å²) in [7, 11) is 1.36. The number of hydrogen-bond donors (Lipinski definition) is 0. The molecule has 0 aromatic heterocycles. The zero-order valence-electron chi connectivity index (χ0n) is 9.89. The average molecular weight is 230 g/mol. The summed E-state index contributed by atoms with van der Waals surface area (Å²) in [4.78, 5) is 21.7. The van der Waals surface area contributed by atoms with Crippen LogP contribution >= 0.6 is 0 Å². The molecule has 2 atom stereocenters. The second-order valence-corrected chi connectivity index (χ2v) is 4.24. The van der Waals surface area contributed by atoms with Crippen molar-refractivity contribution >= 4 is 12.3 Å². The Morgan fingerprint density at radius 3 is 2.69 bits per heavy atom. The lowest BCUT2D eigenvalue weighted by Crippen LogP contribution is -2.24. The van der Waals surface area contributed by atoms with Crippen molar-refractivity contribution in [3.05, 3.63) is 0 Å². The molecule has 1 heterocycles. The van der Waals surface area contributed by atoms with Crippen molar-refractivity contribution < 1.29 is 23.8 Å². The van der Waals surface area contributed by atoms with Crippen LogP contribution in [0.5, 0.6) is 0 Å². The van der Waals surface area contributed by atoms with E-state index in [0.29, 0.717) is 19.3 Å². The summed E-state index contributed by atoms with van der Waals surface area (Å²) in [6, 6.07) is 0. The average Bonchev–Trinajstić information content (AvgIpc) is 2.53. The van der Waals surface area contributed by atoms with Crippen molar-refractivity contribution in [1.29, 1.82) is 0 Å². The van der Waals surface area contributed by atoms with Gasteiger partial charge in [0.1, 0.15) is 6.10 Å². The first-order chi connectivity index (χ1) is 7.48. The molecule has 0 bridgehead atoms. The molecule has 0 saturated carbocycles. The number of hydrogen-bond acceptors (Lipinski definition) is 5. The number of methoxy groups -OCH3 is 1. The highest BCUT2D eigenvalue weighted by molar-refractivity contribution is 5.69. The van der Waals surface area contributed by atoms with Gasteiger partial charge >= 0.3 is 5.97 Å². The Labute approximate surface area is 95.0 Å². The molecule has 5 heteroatoms. The summed E-state index contributed by atoms with van der Waals surface area (Å²) < 4.78 is 15.5. The summed E-state index contributed by atoms with van der Waals surface area (Å²) in [5.41, 5.74) is 0. The summed E-state index contributed by atoms with van der Waals surface area (Å²) in [5.74, 6) is -0.970. The van der Waals surface area contributed by atoms with Crippen molar-refractivity contribution in [3.8, 4) is 0 Å². The van der Waals surface area contributed by atoms with Gasteiger partial charge < -0.3 is 19.0 Å². The van der Waals surface area contributed by atoms with Crippen molar-refractivity contribution in [2.75, 3.05) is 7.11 Å². The Morgan fingerprint density at radius 1 is 1.44 bits per heavy atom. The highest BCUT2D eigenvalue weighted by Crippen LogP contribution is 2.29. The molecular weight excluding hydrogens is 212 g/mol. The van der Waals surface area contributed by atoms with Gasteiger partial charge in [0, 0.05) is 6.42 Å². The third kappa shape index (κ3) is 3.57. The van der Waals surface area contributed by atoms with E-state index >= 15 is 0 Å². The second-order valence-electron chi connectivity index (χ2n) is 4.24. The maximum Gasteiger partial charge on any atom is 0.305 e. The molecule has 0 amide bonds. The van der Waals surface area contributed by atoms with E-state index in [0.717, 1.165) is 6.29 Å².